The van der Waals surface area contributed by atoms with Crippen molar-refractivity contribution >= 4 is 48.9 Å². The van der Waals surface area contributed by atoms with Crippen molar-refractivity contribution in [1.29, 1.82) is 0 Å². The van der Waals surface area contributed by atoms with Gasteiger partial charge >= 0.3 is 0 Å². The number of nitrogens with zero attached hydrogens (tertiary/aromatic N) is 1. The number of thiophene rings is 1. The van der Waals surface area contributed by atoms with Gasteiger partial charge in [0.2, 0.25) is 0 Å². The molecule has 3 nitrogen and oxygen atoms in total. The zero-order valence-corrected chi connectivity index (χ0v) is 13.9. The summed E-state index contributed by atoms with van der Waals surface area (Å²) in [6, 6.07) is 1.56. The fourth-order valence-corrected chi connectivity index (χ4v) is 5.51. The van der Waals surface area contributed by atoms with Gasteiger partial charge in [0.05, 0.1) is 4.34 Å². The summed E-state index contributed by atoms with van der Waals surface area (Å²) in [5.41, 5.74) is 0.804. The zero-order valence-electron chi connectivity index (χ0n) is 9.91. The Balaban J connectivity index is 3.16. The van der Waals surface area contributed by atoms with Crippen LogP contribution >= 0.6 is 38.9 Å². The third kappa shape index (κ3) is 3.44. The Morgan fingerprint density at radius 2 is 2.12 bits per heavy atom. The molecule has 0 bridgehead atoms. The minimum atomic E-state index is -3.43. The molecule has 0 fully saturated rings. The average Bonchev–Trinajstić information content (AvgIpc) is 2.55. The Morgan fingerprint density at radius 1 is 1.53 bits per heavy atom. The smallest absolute Gasteiger partial charge is 0.206 e. The molecule has 0 aliphatic carbocycles. The zero-order chi connectivity index (χ0) is 13.2. The predicted molar refractivity (Wildman–Crippen MR) is 76.9 cm³/mol. The normalized spacial score (nSPS) is 12.6. The first-order valence-electron chi connectivity index (χ1n) is 5.14. The van der Waals surface area contributed by atoms with Gasteiger partial charge in [-0.1, -0.05) is 27.5 Å². The van der Waals surface area contributed by atoms with Crippen LogP contribution in [0.2, 0.25) is 4.34 Å². The maximum Gasteiger partial charge on any atom is 0.252 e. The van der Waals surface area contributed by atoms with Crippen LogP contribution in [0, 0.1) is 6.92 Å². The Labute approximate surface area is 120 Å². The fraction of sp³-hybridized carbons (Fsp3) is 0.600. The first kappa shape index (κ1) is 15.4. The van der Waals surface area contributed by atoms with Crippen LogP contribution in [0.4, 0.5) is 0 Å². The van der Waals surface area contributed by atoms with Crippen molar-refractivity contribution in [2.45, 2.75) is 31.0 Å². The minimum Gasteiger partial charge on any atom is -0.206 e. The minimum absolute atomic E-state index is 0.0706. The van der Waals surface area contributed by atoms with E-state index >= 15 is 0 Å². The van der Waals surface area contributed by atoms with Gasteiger partial charge in [-0.2, -0.15) is 4.31 Å². The molecule has 0 spiro atoms. The molecular formula is C10H15BrClNO2S2. The van der Waals surface area contributed by atoms with Crippen molar-refractivity contribution in [2.75, 3.05) is 11.9 Å². The fourth-order valence-electron chi connectivity index (χ4n) is 1.41. The van der Waals surface area contributed by atoms with E-state index in [2.05, 4.69) is 15.9 Å². The van der Waals surface area contributed by atoms with Crippen molar-refractivity contribution < 1.29 is 8.42 Å². The standard InChI is InChI=1S/C10H15BrClNO2S2/c1-7(2)13(5-4-11)17(14,15)9-6-8(3)10(12)16-9/h6-7H,4-5H2,1-3H3. The molecule has 1 aromatic rings. The van der Waals surface area contributed by atoms with Crippen LogP contribution in [0.5, 0.6) is 0 Å². The molecule has 1 rings (SSSR count). The monoisotopic (exact) mass is 359 g/mol. The van der Waals surface area contributed by atoms with Gasteiger partial charge < -0.3 is 0 Å². The van der Waals surface area contributed by atoms with E-state index in [1.54, 1.807) is 6.07 Å². The Morgan fingerprint density at radius 3 is 2.47 bits per heavy atom. The molecule has 1 heterocycles. The molecule has 0 aliphatic rings. The van der Waals surface area contributed by atoms with E-state index in [0.717, 1.165) is 16.9 Å². The highest BCUT2D eigenvalue weighted by atomic mass is 79.9. The van der Waals surface area contributed by atoms with Crippen LogP contribution in [-0.2, 0) is 10.0 Å². The molecule has 17 heavy (non-hydrogen) atoms. The number of sulfonamides is 1. The molecular weight excluding hydrogens is 346 g/mol. The summed E-state index contributed by atoms with van der Waals surface area (Å²) in [6.45, 7) is 5.99. The van der Waals surface area contributed by atoms with Gasteiger partial charge in [-0.05, 0) is 32.4 Å². The molecule has 98 valence electrons. The molecule has 0 aromatic carbocycles. The first-order valence-corrected chi connectivity index (χ1v) is 8.90. The Bertz CT molecular complexity index is 465. The second-order valence-electron chi connectivity index (χ2n) is 3.92. The van der Waals surface area contributed by atoms with Crippen molar-refractivity contribution in [3.63, 3.8) is 0 Å². The Hall–Kier alpha value is 0.380. The summed E-state index contributed by atoms with van der Waals surface area (Å²) in [7, 11) is -3.43. The topological polar surface area (TPSA) is 37.4 Å². The lowest BCUT2D eigenvalue weighted by Gasteiger charge is -2.24. The lowest BCUT2D eigenvalue weighted by molar-refractivity contribution is 0.373. The third-order valence-electron chi connectivity index (χ3n) is 2.28. The summed E-state index contributed by atoms with van der Waals surface area (Å²) in [5, 5.41) is 0.614. The SMILES string of the molecule is Cc1cc(S(=O)(=O)N(CCBr)C(C)C)sc1Cl. The Kier molecular flexibility index (Phi) is 5.46. The number of hydrogen-bond acceptors (Lipinski definition) is 3. The van der Waals surface area contributed by atoms with Gasteiger partial charge in [-0.15, -0.1) is 11.3 Å². The van der Waals surface area contributed by atoms with E-state index in [-0.39, 0.29) is 6.04 Å². The van der Waals surface area contributed by atoms with Crippen LogP contribution in [-0.4, -0.2) is 30.6 Å². The molecule has 1 aromatic heterocycles. The lowest BCUT2D eigenvalue weighted by Crippen LogP contribution is -2.37. The van der Waals surface area contributed by atoms with Gasteiger partial charge in [-0.25, -0.2) is 8.42 Å². The van der Waals surface area contributed by atoms with E-state index in [1.165, 1.54) is 4.31 Å². The van der Waals surface area contributed by atoms with Crippen LogP contribution < -0.4 is 0 Å². The summed E-state index contributed by atoms with van der Waals surface area (Å²) in [6.07, 6.45) is 0. The second kappa shape index (κ2) is 6.02. The number of rotatable bonds is 5. The van der Waals surface area contributed by atoms with Gasteiger partial charge in [0.15, 0.2) is 0 Å². The van der Waals surface area contributed by atoms with Crippen LogP contribution in [0.1, 0.15) is 19.4 Å². The van der Waals surface area contributed by atoms with Gasteiger partial charge in [0.25, 0.3) is 10.0 Å². The number of alkyl halides is 1. The number of halogens is 2. The van der Waals surface area contributed by atoms with Crippen LogP contribution in [0.3, 0.4) is 0 Å². The summed E-state index contributed by atoms with van der Waals surface area (Å²) >= 11 is 10.3. The molecule has 0 aliphatic heterocycles. The van der Waals surface area contributed by atoms with Crippen molar-refractivity contribution in [3.05, 3.63) is 16.0 Å². The van der Waals surface area contributed by atoms with E-state index in [1.807, 2.05) is 20.8 Å². The number of aryl methyl sites for hydroxylation is 1. The van der Waals surface area contributed by atoms with E-state index in [9.17, 15) is 8.42 Å². The molecule has 0 saturated carbocycles. The van der Waals surface area contributed by atoms with Crippen molar-refractivity contribution in [2.24, 2.45) is 0 Å². The molecule has 0 saturated heterocycles. The lowest BCUT2D eigenvalue weighted by atomic mass is 10.4. The maximum atomic E-state index is 12.4. The highest BCUT2D eigenvalue weighted by Crippen LogP contribution is 2.32. The van der Waals surface area contributed by atoms with Crippen LogP contribution in [0.15, 0.2) is 10.3 Å². The van der Waals surface area contributed by atoms with E-state index in [0.29, 0.717) is 20.4 Å². The molecule has 0 amide bonds. The molecule has 7 heteroatoms. The summed E-state index contributed by atoms with van der Waals surface area (Å²) in [4.78, 5) is 0. The summed E-state index contributed by atoms with van der Waals surface area (Å²) < 4.78 is 27.1. The molecule has 0 N–H and O–H groups in total. The largest absolute Gasteiger partial charge is 0.252 e. The molecule has 0 radical (unpaired) electrons. The average molecular weight is 361 g/mol. The van der Waals surface area contributed by atoms with Crippen LogP contribution in [0.25, 0.3) is 0 Å². The van der Waals surface area contributed by atoms with Gasteiger partial charge in [-0.3, -0.25) is 0 Å². The quantitative estimate of drug-likeness (QED) is 0.754. The van der Waals surface area contributed by atoms with Gasteiger partial charge in [0.1, 0.15) is 4.21 Å². The molecule has 0 unspecified atom stereocenters. The second-order valence-corrected chi connectivity index (χ2v) is 8.49. The first-order chi connectivity index (χ1) is 7.80. The van der Waals surface area contributed by atoms with Crippen molar-refractivity contribution in [3.8, 4) is 0 Å². The maximum absolute atomic E-state index is 12.4. The highest BCUT2D eigenvalue weighted by Gasteiger charge is 2.28. The number of hydrogen-bond donors (Lipinski definition) is 0. The highest BCUT2D eigenvalue weighted by molar-refractivity contribution is 9.09. The van der Waals surface area contributed by atoms with Gasteiger partial charge in [0, 0.05) is 17.9 Å². The molecule has 0 atom stereocenters. The summed E-state index contributed by atoms with van der Waals surface area (Å²) in [5.74, 6) is 0. The van der Waals surface area contributed by atoms with E-state index in [4.69, 9.17) is 11.6 Å². The third-order valence-corrected chi connectivity index (χ3v) is 6.71. The van der Waals surface area contributed by atoms with Crippen molar-refractivity contribution in [1.82, 2.24) is 4.31 Å². The predicted octanol–water partition coefficient (Wildman–Crippen LogP) is 3.50. The van der Waals surface area contributed by atoms with E-state index < -0.39 is 10.0 Å².